The van der Waals surface area contributed by atoms with Gasteiger partial charge < -0.3 is 24.3 Å². The number of carbonyl (C=O) groups excluding carboxylic acids is 2. The Labute approximate surface area is 196 Å². The van der Waals surface area contributed by atoms with E-state index >= 15 is 0 Å². The first kappa shape index (κ1) is 21.8. The van der Waals surface area contributed by atoms with Crippen molar-refractivity contribution >= 4 is 11.9 Å². The zero-order valence-electron chi connectivity index (χ0n) is 18.7. The summed E-state index contributed by atoms with van der Waals surface area (Å²) in [4.78, 5) is 29.4. The van der Waals surface area contributed by atoms with E-state index in [9.17, 15) is 9.59 Å². The number of fused-ring (bicyclic) bond motifs is 1. The molecule has 0 radical (unpaired) electrons. The van der Waals surface area contributed by atoms with E-state index in [1.165, 1.54) is 0 Å². The number of carbonyl (C=O) groups is 2. The number of nitrogens with one attached hydrogen (secondary N) is 1. The molecule has 3 aromatic rings. The molecule has 8 heteroatoms. The molecule has 1 aromatic heterocycles. The standard InChI is InChI=1S/C26H24N2O6/c1-2-31-25(30)26(11-12-26)18-7-5-17(6-8-18)15-28-23(29)20-4-3-13-27-24(20)34-19-9-10-21-22(14-19)33-16-32-21/h3-10,13-14H,2,11-12,15-16H2,1H3,(H,28,29). The van der Waals surface area contributed by atoms with E-state index in [0.29, 0.717) is 36.0 Å². The van der Waals surface area contributed by atoms with Crippen molar-refractivity contribution in [1.82, 2.24) is 10.3 Å². The largest absolute Gasteiger partial charge is 0.465 e. The van der Waals surface area contributed by atoms with Crippen LogP contribution in [-0.2, 0) is 21.5 Å². The van der Waals surface area contributed by atoms with E-state index in [1.807, 2.05) is 31.2 Å². The molecule has 1 amide bonds. The molecule has 0 atom stereocenters. The molecule has 0 unspecified atom stereocenters. The van der Waals surface area contributed by atoms with Gasteiger partial charge >= 0.3 is 5.97 Å². The van der Waals surface area contributed by atoms with Crippen LogP contribution in [0.4, 0.5) is 0 Å². The smallest absolute Gasteiger partial charge is 0.316 e. The summed E-state index contributed by atoms with van der Waals surface area (Å²) < 4.78 is 21.8. The second-order valence-corrected chi connectivity index (χ2v) is 8.16. The molecule has 8 nitrogen and oxygen atoms in total. The lowest BCUT2D eigenvalue weighted by molar-refractivity contribution is -0.146. The van der Waals surface area contributed by atoms with Gasteiger partial charge in [0.25, 0.3) is 5.91 Å². The van der Waals surface area contributed by atoms with E-state index in [2.05, 4.69) is 10.3 Å². The number of amides is 1. The molecular formula is C26H24N2O6. The quantitative estimate of drug-likeness (QED) is 0.505. The van der Waals surface area contributed by atoms with E-state index in [-0.39, 0.29) is 24.5 Å². The van der Waals surface area contributed by atoms with E-state index in [4.69, 9.17) is 18.9 Å². The van der Waals surface area contributed by atoms with Gasteiger partial charge in [0.1, 0.15) is 11.3 Å². The predicted molar refractivity (Wildman–Crippen MR) is 122 cm³/mol. The summed E-state index contributed by atoms with van der Waals surface area (Å²) in [6, 6.07) is 16.2. The van der Waals surface area contributed by atoms with Crippen LogP contribution in [0.2, 0.25) is 0 Å². The summed E-state index contributed by atoms with van der Waals surface area (Å²) in [6.45, 7) is 2.68. The monoisotopic (exact) mass is 460 g/mol. The molecule has 0 bridgehead atoms. The van der Waals surface area contributed by atoms with Crippen LogP contribution in [-0.4, -0.2) is 30.3 Å². The Balaban J connectivity index is 1.24. The van der Waals surface area contributed by atoms with E-state index in [0.717, 1.165) is 24.0 Å². The predicted octanol–water partition coefficient (Wildman–Crippen LogP) is 4.13. The minimum Gasteiger partial charge on any atom is -0.465 e. The van der Waals surface area contributed by atoms with Crippen molar-refractivity contribution in [2.75, 3.05) is 13.4 Å². The first-order chi connectivity index (χ1) is 16.6. The highest BCUT2D eigenvalue weighted by molar-refractivity contribution is 5.96. The summed E-state index contributed by atoms with van der Waals surface area (Å²) in [7, 11) is 0. The Morgan fingerprint density at radius 1 is 1.06 bits per heavy atom. The van der Waals surface area contributed by atoms with Crippen LogP contribution in [0, 0.1) is 0 Å². The van der Waals surface area contributed by atoms with Gasteiger partial charge in [-0.05, 0) is 55.2 Å². The Hall–Kier alpha value is -4.07. The number of rotatable bonds is 8. The maximum atomic E-state index is 12.9. The lowest BCUT2D eigenvalue weighted by atomic mass is 9.95. The summed E-state index contributed by atoms with van der Waals surface area (Å²) in [5, 5.41) is 2.90. The minimum atomic E-state index is -0.505. The Morgan fingerprint density at radius 3 is 2.62 bits per heavy atom. The lowest BCUT2D eigenvalue weighted by Crippen LogP contribution is -2.24. The third-order valence-corrected chi connectivity index (χ3v) is 5.95. The van der Waals surface area contributed by atoms with Gasteiger partial charge in [0.05, 0.1) is 12.0 Å². The third kappa shape index (κ3) is 4.26. The van der Waals surface area contributed by atoms with Crippen LogP contribution >= 0.6 is 0 Å². The molecule has 1 saturated carbocycles. The zero-order valence-corrected chi connectivity index (χ0v) is 18.7. The fourth-order valence-electron chi connectivity index (χ4n) is 3.92. The minimum absolute atomic E-state index is 0.164. The third-order valence-electron chi connectivity index (χ3n) is 5.95. The molecule has 2 heterocycles. The average molecular weight is 460 g/mol. The average Bonchev–Trinajstić information content (AvgIpc) is 3.55. The highest BCUT2D eigenvalue weighted by Gasteiger charge is 2.52. The SMILES string of the molecule is CCOC(=O)C1(c2ccc(CNC(=O)c3cccnc3Oc3ccc4c(c3)OCO4)cc2)CC1. The molecule has 0 spiro atoms. The first-order valence-electron chi connectivity index (χ1n) is 11.2. The van der Waals surface area contributed by atoms with Gasteiger partial charge in [-0.1, -0.05) is 24.3 Å². The molecule has 2 aliphatic rings. The normalized spacial score (nSPS) is 14.9. The van der Waals surface area contributed by atoms with Crippen molar-refractivity contribution in [2.45, 2.75) is 31.7 Å². The number of ether oxygens (including phenoxy) is 4. The topological polar surface area (TPSA) is 96.0 Å². The zero-order chi connectivity index (χ0) is 23.5. The van der Waals surface area contributed by atoms with Crippen molar-refractivity contribution in [2.24, 2.45) is 0 Å². The van der Waals surface area contributed by atoms with Crippen LogP contribution in [0.5, 0.6) is 23.1 Å². The number of hydrogen-bond acceptors (Lipinski definition) is 7. The molecule has 1 N–H and O–H groups in total. The van der Waals surface area contributed by atoms with Gasteiger partial charge in [-0.3, -0.25) is 9.59 Å². The Morgan fingerprint density at radius 2 is 1.85 bits per heavy atom. The van der Waals surface area contributed by atoms with Gasteiger partial charge in [0, 0.05) is 18.8 Å². The van der Waals surface area contributed by atoms with Gasteiger partial charge in [-0.25, -0.2) is 4.98 Å². The van der Waals surface area contributed by atoms with Crippen LogP contribution in [0.25, 0.3) is 0 Å². The van der Waals surface area contributed by atoms with E-state index < -0.39 is 5.41 Å². The maximum Gasteiger partial charge on any atom is 0.316 e. The molecule has 5 rings (SSSR count). The number of esters is 1. The van der Waals surface area contributed by atoms with Crippen molar-refractivity contribution < 1.29 is 28.5 Å². The van der Waals surface area contributed by atoms with Crippen LogP contribution in [0.1, 0.15) is 41.3 Å². The van der Waals surface area contributed by atoms with Crippen molar-refractivity contribution in [3.8, 4) is 23.1 Å². The van der Waals surface area contributed by atoms with Crippen molar-refractivity contribution in [3.63, 3.8) is 0 Å². The molecule has 2 aromatic carbocycles. The van der Waals surface area contributed by atoms with Gasteiger partial charge in [0.2, 0.25) is 12.7 Å². The number of hydrogen-bond donors (Lipinski definition) is 1. The van der Waals surface area contributed by atoms with Crippen molar-refractivity contribution in [3.05, 3.63) is 77.5 Å². The second kappa shape index (κ2) is 9.05. The molecule has 0 saturated heterocycles. The molecule has 174 valence electrons. The molecule has 1 aliphatic carbocycles. The summed E-state index contributed by atoms with van der Waals surface area (Å²) in [6.07, 6.45) is 3.17. The molecule has 34 heavy (non-hydrogen) atoms. The maximum absolute atomic E-state index is 12.9. The summed E-state index contributed by atoms with van der Waals surface area (Å²) in [5.41, 5.74) is 1.68. The first-order valence-corrected chi connectivity index (χ1v) is 11.2. The fourth-order valence-corrected chi connectivity index (χ4v) is 3.92. The number of nitrogens with zero attached hydrogens (tertiary/aromatic N) is 1. The molecular weight excluding hydrogens is 436 g/mol. The van der Waals surface area contributed by atoms with Crippen LogP contribution in [0.15, 0.2) is 60.8 Å². The fraction of sp³-hybridized carbons (Fsp3) is 0.269. The van der Waals surface area contributed by atoms with Crippen LogP contribution < -0.4 is 19.5 Å². The van der Waals surface area contributed by atoms with Crippen molar-refractivity contribution in [1.29, 1.82) is 0 Å². The second-order valence-electron chi connectivity index (χ2n) is 8.16. The number of benzene rings is 2. The Bertz CT molecular complexity index is 1220. The van der Waals surface area contributed by atoms with Crippen LogP contribution in [0.3, 0.4) is 0 Å². The summed E-state index contributed by atoms with van der Waals surface area (Å²) >= 11 is 0. The highest BCUT2D eigenvalue weighted by atomic mass is 16.7. The molecule has 1 fully saturated rings. The van der Waals surface area contributed by atoms with Gasteiger partial charge in [-0.15, -0.1) is 0 Å². The van der Waals surface area contributed by atoms with Gasteiger partial charge in [-0.2, -0.15) is 0 Å². The molecule has 1 aliphatic heterocycles. The number of aromatic nitrogens is 1. The lowest BCUT2D eigenvalue weighted by Gasteiger charge is -2.15. The number of pyridine rings is 1. The highest BCUT2D eigenvalue weighted by Crippen LogP contribution is 2.49. The summed E-state index contributed by atoms with van der Waals surface area (Å²) in [5.74, 6) is 1.44. The van der Waals surface area contributed by atoms with Gasteiger partial charge in [0.15, 0.2) is 11.5 Å². The van der Waals surface area contributed by atoms with E-state index in [1.54, 1.807) is 36.5 Å². The Kier molecular flexibility index (Phi) is 5.79.